The molecule has 0 radical (unpaired) electrons. The molecule has 1 unspecified atom stereocenters. The number of ether oxygens (including phenoxy) is 1. The summed E-state index contributed by atoms with van der Waals surface area (Å²) in [6.45, 7) is 1.09. The molecule has 1 aromatic heterocycles. The van der Waals surface area contributed by atoms with Gasteiger partial charge in [-0.3, -0.25) is 14.7 Å². The van der Waals surface area contributed by atoms with Crippen molar-refractivity contribution in [3.05, 3.63) is 53.6 Å². The second-order valence-electron chi connectivity index (χ2n) is 5.99. The Bertz CT molecular complexity index is 848. The molecular formula is C17H15FN4O3. The summed E-state index contributed by atoms with van der Waals surface area (Å²) in [5, 5.41) is 0. The summed E-state index contributed by atoms with van der Waals surface area (Å²) in [6, 6.07) is 8.33. The predicted octanol–water partition coefficient (Wildman–Crippen LogP) is 1.55. The zero-order chi connectivity index (χ0) is 17.6. The second kappa shape index (κ2) is 5.73. The quantitative estimate of drug-likeness (QED) is 0.914. The fourth-order valence-corrected chi connectivity index (χ4v) is 3.11. The van der Waals surface area contributed by atoms with Gasteiger partial charge in [-0.05, 0) is 29.8 Å². The van der Waals surface area contributed by atoms with Gasteiger partial charge < -0.3 is 15.4 Å². The van der Waals surface area contributed by atoms with Gasteiger partial charge in [0, 0.05) is 12.7 Å². The van der Waals surface area contributed by atoms with Gasteiger partial charge in [-0.25, -0.2) is 9.18 Å². The third-order valence-corrected chi connectivity index (χ3v) is 4.40. The standard InChI is InChI=1S/C17H15FN4O3/c18-12-6-11(22-9-15(16(19)23)25-17(22)24)3-4-14(12)21-7-10-2-1-5-20-13(10)8-21/h1-6,15H,7-9H2,(H2,19,23). The number of fused-ring (bicyclic) bond motifs is 1. The summed E-state index contributed by atoms with van der Waals surface area (Å²) in [5.74, 6) is -1.18. The Morgan fingerprint density at radius 1 is 1.32 bits per heavy atom. The number of hydrogen-bond acceptors (Lipinski definition) is 5. The number of nitrogens with two attached hydrogens (primary N) is 1. The van der Waals surface area contributed by atoms with E-state index in [1.165, 1.54) is 11.0 Å². The van der Waals surface area contributed by atoms with Crippen LogP contribution in [0, 0.1) is 5.82 Å². The molecule has 0 aliphatic carbocycles. The topological polar surface area (TPSA) is 88.8 Å². The molecule has 2 aromatic rings. The van der Waals surface area contributed by atoms with Crippen molar-refractivity contribution in [3.63, 3.8) is 0 Å². The van der Waals surface area contributed by atoms with E-state index >= 15 is 0 Å². The van der Waals surface area contributed by atoms with Crippen molar-refractivity contribution < 1.29 is 18.7 Å². The molecule has 2 amide bonds. The van der Waals surface area contributed by atoms with Gasteiger partial charge >= 0.3 is 6.09 Å². The molecule has 7 nitrogen and oxygen atoms in total. The zero-order valence-corrected chi connectivity index (χ0v) is 13.2. The molecular weight excluding hydrogens is 327 g/mol. The fourth-order valence-electron chi connectivity index (χ4n) is 3.11. The van der Waals surface area contributed by atoms with Crippen LogP contribution in [0.3, 0.4) is 0 Å². The molecule has 1 aromatic carbocycles. The number of benzene rings is 1. The number of rotatable bonds is 3. The van der Waals surface area contributed by atoms with Gasteiger partial charge in [0.1, 0.15) is 5.82 Å². The molecule has 1 saturated heterocycles. The summed E-state index contributed by atoms with van der Waals surface area (Å²) in [6.07, 6.45) is -0.0150. The number of hydrogen-bond donors (Lipinski definition) is 1. The summed E-state index contributed by atoms with van der Waals surface area (Å²) in [5.41, 5.74) is 7.90. The number of carbonyl (C=O) groups is 2. The Balaban J connectivity index is 1.56. The number of nitrogens with zero attached hydrogens (tertiary/aromatic N) is 3. The van der Waals surface area contributed by atoms with E-state index in [0.29, 0.717) is 24.5 Å². The highest BCUT2D eigenvalue weighted by atomic mass is 19.1. The van der Waals surface area contributed by atoms with Crippen molar-refractivity contribution in [1.82, 2.24) is 4.98 Å². The normalized spacial score (nSPS) is 19.1. The predicted molar refractivity (Wildman–Crippen MR) is 87.3 cm³/mol. The highest BCUT2D eigenvalue weighted by Gasteiger charge is 2.36. The maximum atomic E-state index is 14.6. The SMILES string of the molecule is NC(=O)C1CN(c2ccc(N3Cc4cccnc4C3)c(F)c2)C(=O)O1. The van der Waals surface area contributed by atoms with Crippen molar-refractivity contribution in [2.45, 2.75) is 19.2 Å². The second-order valence-corrected chi connectivity index (χ2v) is 5.99. The van der Waals surface area contributed by atoms with Crippen molar-refractivity contribution in [1.29, 1.82) is 0 Å². The summed E-state index contributed by atoms with van der Waals surface area (Å²) in [4.78, 5) is 30.4. The van der Waals surface area contributed by atoms with Gasteiger partial charge in [0.05, 0.1) is 30.2 Å². The molecule has 128 valence electrons. The van der Waals surface area contributed by atoms with Crippen LogP contribution in [-0.2, 0) is 22.6 Å². The largest absolute Gasteiger partial charge is 0.434 e. The van der Waals surface area contributed by atoms with E-state index in [4.69, 9.17) is 10.5 Å². The number of amides is 2. The zero-order valence-electron chi connectivity index (χ0n) is 13.2. The van der Waals surface area contributed by atoms with E-state index in [2.05, 4.69) is 4.98 Å². The molecule has 25 heavy (non-hydrogen) atoms. The summed E-state index contributed by atoms with van der Waals surface area (Å²) in [7, 11) is 0. The lowest BCUT2D eigenvalue weighted by Crippen LogP contribution is -2.32. The van der Waals surface area contributed by atoms with Gasteiger partial charge in [0.2, 0.25) is 0 Å². The Hall–Kier alpha value is -3.16. The van der Waals surface area contributed by atoms with Crippen molar-refractivity contribution >= 4 is 23.4 Å². The number of carbonyl (C=O) groups excluding carboxylic acids is 2. The van der Waals surface area contributed by atoms with E-state index in [0.717, 1.165) is 11.3 Å². The van der Waals surface area contributed by atoms with Crippen molar-refractivity contribution in [2.24, 2.45) is 5.73 Å². The minimum Gasteiger partial charge on any atom is -0.434 e. The third-order valence-electron chi connectivity index (χ3n) is 4.40. The average Bonchev–Trinajstić information content (AvgIpc) is 3.18. The van der Waals surface area contributed by atoms with E-state index < -0.39 is 23.9 Å². The average molecular weight is 342 g/mol. The van der Waals surface area contributed by atoms with Crippen LogP contribution in [0.4, 0.5) is 20.6 Å². The Morgan fingerprint density at radius 3 is 2.84 bits per heavy atom. The maximum Gasteiger partial charge on any atom is 0.415 e. The number of primary amides is 1. The molecule has 2 N–H and O–H groups in total. The van der Waals surface area contributed by atoms with Crippen LogP contribution < -0.4 is 15.5 Å². The smallest absolute Gasteiger partial charge is 0.415 e. The van der Waals surface area contributed by atoms with E-state index in [1.807, 2.05) is 17.0 Å². The highest BCUT2D eigenvalue weighted by Crippen LogP contribution is 2.32. The van der Waals surface area contributed by atoms with E-state index in [9.17, 15) is 14.0 Å². The van der Waals surface area contributed by atoms with E-state index in [1.54, 1.807) is 18.3 Å². The van der Waals surface area contributed by atoms with Crippen molar-refractivity contribution in [3.8, 4) is 0 Å². The number of cyclic esters (lactones) is 1. The van der Waals surface area contributed by atoms with Crippen molar-refractivity contribution in [2.75, 3.05) is 16.3 Å². The van der Waals surface area contributed by atoms with Crippen LogP contribution in [0.25, 0.3) is 0 Å². The molecule has 0 saturated carbocycles. The third kappa shape index (κ3) is 2.65. The summed E-state index contributed by atoms with van der Waals surface area (Å²) < 4.78 is 19.5. The molecule has 1 fully saturated rings. The van der Waals surface area contributed by atoms with Crippen LogP contribution >= 0.6 is 0 Å². The molecule has 8 heteroatoms. The van der Waals surface area contributed by atoms with Crippen LogP contribution in [0.15, 0.2) is 36.5 Å². The molecule has 4 rings (SSSR count). The number of pyridine rings is 1. The minimum absolute atomic E-state index is 0.0218. The van der Waals surface area contributed by atoms with Gasteiger partial charge in [0.15, 0.2) is 6.10 Å². The van der Waals surface area contributed by atoms with Crippen LogP contribution in [0.5, 0.6) is 0 Å². The van der Waals surface area contributed by atoms with Crippen LogP contribution in [0.1, 0.15) is 11.3 Å². The molecule has 3 heterocycles. The molecule has 0 spiro atoms. The Labute approximate surface area is 142 Å². The molecule has 0 bridgehead atoms. The number of anilines is 2. The van der Waals surface area contributed by atoms with Gasteiger partial charge in [-0.1, -0.05) is 6.07 Å². The van der Waals surface area contributed by atoms with E-state index in [-0.39, 0.29) is 6.54 Å². The van der Waals surface area contributed by atoms with Gasteiger partial charge in [-0.15, -0.1) is 0 Å². The number of halogens is 1. The van der Waals surface area contributed by atoms with Crippen LogP contribution in [-0.4, -0.2) is 29.6 Å². The number of aromatic nitrogens is 1. The maximum absolute atomic E-state index is 14.6. The molecule has 2 aliphatic heterocycles. The molecule has 1 atom stereocenters. The highest BCUT2D eigenvalue weighted by molar-refractivity contribution is 5.95. The van der Waals surface area contributed by atoms with Gasteiger partial charge in [-0.2, -0.15) is 0 Å². The Morgan fingerprint density at radius 2 is 2.16 bits per heavy atom. The molecule has 2 aliphatic rings. The Kier molecular flexibility index (Phi) is 3.52. The first-order chi connectivity index (χ1) is 12.0. The first-order valence-corrected chi connectivity index (χ1v) is 7.77. The minimum atomic E-state index is -1.02. The lowest BCUT2D eigenvalue weighted by Gasteiger charge is -2.20. The lowest BCUT2D eigenvalue weighted by molar-refractivity contribution is -0.124. The van der Waals surface area contributed by atoms with Gasteiger partial charge in [0.25, 0.3) is 5.91 Å². The lowest BCUT2D eigenvalue weighted by atomic mass is 10.2. The fraction of sp³-hybridized carbons (Fsp3) is 0.235. The first-order valence-electron chi connectivity index (χ1n) is 7.77. The summed E-state index contributed by atoms with van der Waals surface area (Å²) >= 11 is 0. The monoisotopic (exact) mass is 342 g/mol. The first kappa shape index (κ1) is 15.4. The van der Waals surface area contributed by atoms with Crippen LogP contribution in [0.2, 0.25) is 0 Å².